The fourth-order valence-electron chi connectivity index (χ4n) is 3.01. The highest BCUT2D eigenvalue weighted by Crippen LogP contribution is 2.37. The summed E-state index contributed by atoms with van der Waals surface area (Å²) in [4.78, 5) is 11.1. The number of fused-ring (bicyclic) bond motifs is 4. The van der Waals surface area contributed by atoms with Crippen molar-refractivity contribution in [3.63, 3.8) is 0 Å². The van der Waals surface area contributed by atoms with Crippen LogP contribution < -0.4 is 0 Å². The third-order valence-corrected chi connectivity index (χ3v) is 4.00. The summed E-state index contributed by atoms with van der Waals surface area (Å²) < 4.78 is 0. The van der Waals surface area contributed by atoms with E-state index in [2.05, 4.69) is 30.3 Å². The molecule has 0 bridgehead atoms. The second-order valence-electron chi connectivity index (χ2n) is 5.21. The molecule has 0 atom stereocenters. The van der Waals surface area contributed by atoms with Gasteiger partial charge in [0.2, 0.25) is 0 Å². The maximum Gasteiger partial charge on any atom is 0.335 e. The SMILES string of the molecule is O=C(O)C1=CC2=Cc3c(ccc4ccccc34)CC2=C1. The average Bonchev–Trinajstić information content (AvgIpc) is 2.88. The van der Waals surface area contributed by atoms with E-state index in [0.29, 0.717) is 5.57 Å². The summed E-state index contributed by atoms with van der Waals surface area (Å²) in [5.41, 5.74) is 5.00. The Kier molecular flexibility index (Phi) is 2.21. The molecule has 0 fully saturated rings. The van der Waals surface area contributed by atoms with Crippen molar-refractivity contribution >= 4 is 22.8 Å². The quantitative estimate of drug-likeness (QED) is 0.848. The van der Waals surface area contributed by atoms with E-state index in [1.807, 2.05) is 12.1 Å². The van der Waals surface area contributed by atoms with Crippen molar-refractivity contribution in [2.75, 3.05) is 0 Å². The molecule has 0 saturated heterocycles. The first-order valence-electron chi connectivity index (χ1n) is 6.60. The van der Waals surface area contributed by atoms with Crippen LogP contribution in [0, 0.1) is 0 Å². The van der Waals surface area contributed by atoms with Crippen LogP contribution in [0.4, 0.5) is 0 Å². The Morgan fingerprint density at radius 3 is 2.70 bits per heavy atom. The Balaban J connectivity index is 1.95. The van der Waals surface area contributed by atoms with Gasteiger partial charge in [-0.25, -0.2) is 4.79 Å². The molecule has 0 aliphatic heterocycles. The highest BCUT2D eigenvalue weighted by molar-refractivity contribution is 5.98. The number of allylic oxidation sites excluding steroid dienone is 3. The van der Waals surface area contributed by atoms with Gasteiger partial charge in [-0.2, -0.15) is 0 Å². The molecule has 96 valence electrons. The van der Waals surface area contributed by atoms with Crippen LogP contribution in [0.15, 0.2) is 65.3 Å². The van der Waals surface area contributed by atoms with Gasteiger partial charge >= 0.3 is 5.97 Å². The van der Waals surface area contributed by atoms with E-state index in [-0.39, 0.29) is 0 Å². The van der Waals surface area contributed by atoms with E-state index in [1.54, 1.807) is 12.2 Å². The predicted octanol–water partition coefficient (Wildman–Crippen LogP) is 3.73. The fourth-order valence-corrected chi connectivity index (χ4v) is 3.01. The Labute approximate surface area is 116 Å². The largest absolute Gasteiger partial charge is 0.478 e. The third-order valence-electron chi connectivity index (χ3n) is 4.00. The third kappa shape index (κ3) is 1.55. The first-order valence-corrected chi connectivity index (χ1v) is 6.60. The van der Waals surface area contributed by atoms with Gasteiger partial charge in [0.1, 0.15) is 0 Å². The van der Waals surface area contributed by atoms with Gasteiger partial charge in [0.05, 0.1) is 5.57 Å². The van der Waals surface area contributed by atoms with E-state index in [9.17, 15) is 4.79 Å². The maximum absolute atomic E-state index is 11.1. The lowest BCUT2D eigenvalue weighted by atomic mass is 9.87. The average molecular weight is 260 g/mol. The fraction of sp³-hybridized carbons (Fsp3) is 0.0556. The number of hydrogen-bond acceptors (Lipinski definition) is 1. The van der Waals surface area contributed by atoms with E-state index >= 15 is 0 Å². The van der Waals surface area contributed by atoms with Crippen molar-refractivity contribution in [1.29, 1.82) is 0 Å². The number of carboxylic acid groups (broad SMARTS) is 1. The van der Waals surface area contributed by atoms with Gasteiger partial charge in [-0.3, -0.25) is 0 Å². The van der Waals surface area contributed by atoms with Gasteiger partial charge in [-0.15, -0.1) is 0 Å². The summed E-state index contributed by atoms with van der Waals surface area (Å²) >= 11 is 0. The van der Waals surface area contributed by atoms with Crippen LogP contribution in [0.3, 0.4) is 0 Å². The Hall–Kier alpha value is -2.61. The molecule has 2 nitrogen and oxygen atoms in total. The van der Waals surface area contributed by atoms with Crippen molar-refractivity contribution in [2.24, 2.45) is 0 Å². The number of carboxylic acids is 1. The molecular weight excluding hydrogens is 248 g/mol. The minimum atomic E-state index is -0.860. The van der Waals surface area contributed by atoms with Crippen molar-refractivity contribution in [3.8, 4) is 0 Å². The van der Waals surface area contributed by atoms with Crippen LogP contribution in [-0.4, -0.2) is 11.1 Å². The maximum atomic E-state index is 11.1. The van der Waals surface area contributed by atoms with Gasteiger partial charge in [0.25, 0.3) is 0 Å². The second-order valence-corrected chi connectivity index (χ2v) is 5.21. The van der Waals surface area contributed by atoms with Crippen LogP contribution in [0.25, 0.3) is 16.8 Å². The zero-order valence-electron chi connectivity index (χ0n) is 10.8. The molecule has 2 aliphatic rings. The second kappa shape index (κ2) is 3.94. The van der Waals surface area contributed by atoms with E-state index < -0.39 is 5.97 Å². The van der Waals surface area contributed by atoms with E-state index in [4.69, 9.17) is 5.11 Å². The first kappa shape index (κ1) is 11.2. The van der Waals surface area contributed by atoms with Crippen molar-refractivity contribution < 1.29 is 9.90 Å². The highest BCUT2D eigenvalue weighted by atomic mass is 16.4. The number of aliphatic carboxylic acids is 1. The first-order chi connectivity index (χ1) is 9.72. The zero-order chi connectivity index (χ0) is 13.7. The molecule has 20 heavy (non-hydrogen) atoms. The van der Waals surface area contributed by atoms with E-state index in [1.165, 1.54) is 21.9 Å². The predicted molar refractivity (Wildman–Crippen MR) is 79.4 cm³/mol. The van der Waals surface area contributed by atoms with Gasteiger partial charge in [-0.05, 0) is 57.7 Å². The summed E-state index contributed by atoms with van der Waals surface area (Å²) in [6.45, 7) is 0. The molecule has 2 aromatic carbocycles. The Morgan fingerprint density at radius 1 is 1.00 bits per heavy atom. The normalized spacial score (nSPS) is 16.1. The van der Waals surface area contributed by atoms with Crippen LogP contribution in [0.1, 0.15) is 11.1 Å². The van der Waals surface area contributed by atoms with Crippen LogP contribution in [0.5, 0.6) is 0 Å². The summed E-state index contributed by atoms with van der Waals surface area (Å²) in [6.07, 6.45) is 6.47. The molecule has 2 heteroatoms. The highest BCUT2D eigenvalue weighted by Gasteiger charge is 2.22. The van der Waals surface area contributed by atoms with E-state index in [0.717, 1.165) is 17.6 Å². The minimum absolute atomic E-state index is 0.378. The summed E-state index contributed by atoms with van der Waals surface area (Å²) in [5, 5.41) is 11.6. The molecule has 1 N–H and O–H groups in total. The molecule has 0 radical (unpaired) electrons. The molecule has 0 spiro atoms. The van der Waals surface area contributed by atoms with Gasteiger partial charge in [0.15, 0.2) is 0 Å². The number of hydrogen-bond donors (Lipinski definition) is 1. The molecule has 0 heterocycles. The zero-order valence-corrected chi connectivity index (χ0v) is 10.8. The number of benzene rings is 2. The lowest BCUT2D eigenvalue weighted by Crippen LogP contribution is -2.00. The lowest BCUT2D eigenvalue weighted by molar-refractivity contribution is -0.132. The molecule has 0 saturated carbocycles. The Bertz CT molecular complexity index is 851. The van der Waals surface area contributed by atoms with Crippen molar-refractivity contribution in [1.82, 2.24) is 0 Å². The summed E-state index contributed by atoms with van der Waals surface area (Å²) in [6, 6.07) is 12.6. The lowest BCUT2D eigenvalue weighted by Gasteiger charge is -2.17. The van der Waals surface area contributed by atoms with Crippen LogP contribution in [-0.2, 0) is 11.2 Å². The van der Waals surface area contributed by atoms with Crippen LogP contribution >= 0.6 is 0 Å². The Morgan fingerprint density at radius 2 is 1.85 bits per heavy atom. The van der Waals surface area contributed by atoms with Crippen LogP contribution in [0.2, 0.25) is 0 Å². The molecular formula is C18H12O2. The van der Waals surface area contributed by atoms with Crippen molar-refractivity contribution in [3.05, 3.63) is 76.4 Å². The van der Waals surface area contributed by atoms with Crippen molar-refractivity contribution in [2.45, 2.75) is 6.42 Å². The summed E-state index contributed by atoms with van der Waals surface area (Å²) in [7, 11) is 0. The minimum Gasteiger partial charge on any atom is -0.478 e. The van der Waals surface area contributed by atoms with Gasteiger partial charge in [0, 0.05) is 0 Å². The standard InChI is InChI=1S/C18H12O2/c19-18(20)15-8-13-7-12-6-5-11-3-1-2-4-16(11)17(12)10-14(13)9-15/h1-6,8-10H,7H2,(H,19,20). The summed E-state index contributed by atoms with van der Waals surface area (Å²) in [5.74, 6) is -0.860. The molecule has 0 amide bonds. The monoisotopic (exact) mass is 260 g/mol. The number of rotatable bonds is 1. The molecule has 4 rings (SSSR count). The number of carbonyl (C=O) groups is 1. The smallest absolute Gasteiger partial charge is 0.335 e. The molecule has 2 aliphatic carbocycles. The van der Waals surface area contributed by atoms with Gasteiger partial charge < -0.3 is 5.11 Å². The molecule has 0 unspecified atom stereocenters. The van der Waals surface area contributed by atoms with Gasteiger partial charge in [-0.1, -0.05) is 36.4 Å². The molecule has 2 aromatic rings. The molecule has 0 aromatic heterocycles. The topological polar surface area (TPSA) is 37.3 Å².